The molecular weight excluding hydrogens is 326 g/mol. The minimum atomic E-state index is -0.0165. The van der Waals surface area contributed by atoms with Gasteiger partial charge in [0.2, 0.25) is 0 Å². The van der Waals surface area contributed by atoms with E-state index in [1.807, 2.05) is 6.92 Å². The predicted molar refractivity (Wildman–Crippen MR) is 95.8 cm³/mol. The summed E-state index contributed by atoms with van der Waals surface area (Å²) in [6, 6.07) is 3.45. The molecular formula is C17H21N3OS2. The van der Waals surface area contributed by atoms with E-state index in [1.165, 1.54) is 47.5 Å². The summed E-state index contributed by atoms with van der Waals surface area (Å²) in [7, 11) is 0. The normalized spacial score (nSPS) is 23.6. The van der Waals surface area contributed by atoms with Gasteiger partial charge in [0.25, 0.3) is 5.91 Å². The number of anilines is 1. The van der Waals surface area contributed by atoms with Crippen LogP contribution in [0.5, 0.6) is 0 Å². The number of aromatic nitrogens is 1. The Morgan fingerprint density at radius 3 is 2.78 bits per heavy atom. The van der Waals surface area contributed by atoms with Crippen LogP contribution in [0, 0.1) is 13.8 Å². The third kappa shape index (κ3) is 3.20. The van der Waals surface area contributed by atoms with Crippen molar-refractivity contribution in [2.75, 3.05) is 5.32 Å². The van der Waals surface area contributed by atoms with Gasteiger partial charge in [-0.2, -0.15) is 0 Å². The monoisotopic (exact) mass is 347 g/mol. The molecule has 2 aliphatic rings. The van der Waals surface area contributed by atoms with Crippen molar-refractivity contribution in [2.24, 2.45) is 0 Å². The van der Waals surface area contributed by atoms with E-state index >= 15 is 0 Å². The standard InChI is InChI=1S/C17H21N3OS2/c1-9-12(13-6-14(13)19-11-4-3-5-11)7-15(22-9)17(21)20-16-8-18-10(2)23-16/h7-8,11,13-14,19H,3-6H2,1-2H3,(H,20,21). The molecule has 2 atom stereocenters. The minimum Gasteiger partial charge on any atom is -0.312 e. The maximum absolute atomic E-state index is 12.4. The summed E-state index contributed by atoms with van der Waals surface area (Å²) in [5, 5.41) is 8.48. The number of hydrogen-bond donors (Lipinski definition) is 2. The van der Waals surface area contributed by atoms with Crippen molar-refractivity contribution < 1.29 is 4.79 Å². The Labute approximate surface area is 144 Å². The van der Waals surface area contributed by atoms with E-state index in [9.17, 15) is 4.79 Å². The zero-order chi connectivity index (χ0) is 16.0. The fraction of sp³-hybridized carbons (Fsp3) is 0.529. The Bertz CT molecular complexity index is 732. The maximum Gasteiger partial charge on any atom is 0.266 e. The third-order valence-corrected chi connectivity index (χ3v) is 6.68. The van der Waals surface area contributed by atoms with Crippen molar-refractivity contribution in [3.63, 3.8) is 0 Å². The fourth-order valence-electron chi connectivity index (χ4n) is 3.17. The van der Waals surface area contributed by atoms with Gasteiger partial charge < -0.3 is 10.6 Å². The Hall–Kier alpha value is -1.24. The number of aryl methyl sites for hydroxylation is 2. The van der Waals surface area contributed by atoms with Gasteiger partial charge in [-0.05, 0) is 44.7 Å². The topological polar surface area (TPSA) is 54.0 Å². The highest BCUT2D eigenvalue weighted by Gasteiger charge is 2.41. The molecule has 6 heteroatoms. The fourth-order valence-corrected chi connectivity index (χ4v) is 4.83. The first-order valence-corrected chi connectivity index (χ1v) is 9.83. The maximum atomic E-state index is 12.4. The molecule has 2 unspecified atom stereocenters. The molecule has 2 N–H and O–H groups in total. The molecule has 2 aromatic heterocycles. The number of carbonyl (C=O) groups is 1. The first-order valence-electron chi connectivity index (χ1n) is 8.20. The van der Waals surface area contributed by atoms with Gasteiger partial charge in [0, 0.05) is 22.9 Å². The van der Waals surface area contributed by atoms with Crippen molar-refractivity contribution in [1.82, 2.24) is 10.3 Å². The van der Waals surface area contributed by atoms with Gasteiger partial charge in [-0.25, -0.2) is 4.98 Å². The smallest absolute Gasteiger partial charge is 0.266 e. The number of nitrogens with zero attached hydrogens (tertiary/aromatic N) is 1. The largest absolute Gasteiger partial charge is 0.312 e. The zero-order valence-electron chi connectivity index (χ0n) is 13.4. The van der Waals surface area contributed by atoms with Crippen LogP contribution in [0.3, 0.4) is 0 Å². The van der Waals surface area contributed by atoms with E-state index in [2.05, 4.69) is 28.6 Å². The summed E-state index contributed by atoms with van der Waals surface area (Å²) in [6.45, 7) is 4.07. The Morgan fingerprint density at radius 2 is 2.13 bits per heavy atom. The summed E-state index contributed by atoms with van der Waals surface area (Å²) < 4.78 is 0. The molecule has 2 saturated carbocycles. The summed E-state index contributed by atoms with van der Waals surface area (Å²) in [5.74, 6) is 0.580. The Morgan fingerprint density at radius 1 is 1.30 bits per heavy atom. The van der Waals surface area contributed by atoms with Crippen molar-refractivity contribution in [2.45, 2.75) is 57.5 Å². The van der Waals surface area contributed by atoms with E-state index in [1.54, 1.807) is 17.5 Å². The van der Waals surface area contributed by atoms with Crippen LogP contribution < -0.4 is 10.6 Å². The number of nitrogens with one attached hydrogen (secondary N) is 2. The van der Waals surface area contributed by atoms with Crippen LogP contribution in [0.15, 0.2) is 12.3 Å². The molecule has 23 heavy (non-hydrogen) atoms. The molecule has 0 aliphatic heterocycles. The van der Waals surface area contributed by atoms with E-state index in [-0.39, 0.29) is 5.91 Å². The summed E-state index contributed by atoms with van der Waals surface area (Å²) >= 11 is 3.11. The van der Waals surface area contributed by atoms with E-state index in [4.69, 9.17) is 0 Å². The lowest BCUT2D eigenvalue weighted by Gasteiger charge is -2.26. The Balaban J connectivity index is 1.41. The predicted octanol–water partition coefficient (Wildman–Crippen LogP) is 4.07. The number of thiophene rings is 1. The highest BCUT2D eigenvalue weighted by molar-refractivity contribution is 7.16. The number of amides is 1. The van der Waals surface area contributed by atoms with Crippen LogP contribution >= 0.6 is 22.7 Å². The van der Waals surface area contributed by atoms with Crippen molar-refractivity contribution in [3.05, 3.63) is 32.6 Å². The molecule has 122 valence electrons. The van der Waals surface area contributed by atoms with Crippen LogP contribution in [-0.2, 0) is 0 Å². The average Bonchev–Trinajstić information content (AvgIpc) is 2.94. The lowest BCUT2D eigenvalue weighted by Crippen LogP contribution is -2.37. The van der Waals surface area contributed by atoms with Gasteiger partial charge in [-0.15, -0.1) is 22.7 Å². The van der Waals surface area contributed by atoms with Gasteiger partial charge in [-0.3, -0.25) is 4.79 Å². The Kier molecular flexibility index (Phi) is 3.99. The zero-order valence-corrected chi connectivity index (χ0v) is 15.0. The summed E-state index contributed by atoms with van der Waals surface area (Å²) in [5.41, 5.74) is 1.36. The lowest BCUT2D eigenvalue weighted by atomic mass is 9.93. The van der Waals surface area contributed by atoms with Crippen molar-refractivity contribution >= 4 is 33.6 Å². The van der Waals surface area contributed by atoms with Crippen LogP contribution in [0.25, 0.3) is 0 Å². The number of thiazole rings is 1. The molecule has 2 fully saturated rings. The van der Waals surface area contributed by atoms with Crippen LogP contribution in [0.1, 0.15) is 56.7 Å². The van der Waals surface area contributed by atoms with Gasteiger partial charge in [0.15, 0.2) is 0 Å². The highest BCUT2D eigenvalue weighted by atomic mass is 32.1. The molecule has 4 nitrogen and oxygen atoms in total. The molecule has 2 heterocycles. The van der Waals surface area contributed by atoms with E-state index < -0.39 is 0 Å². The lowest BCUT2D eigenvalue weighted by molar-refractivity contribution is 0.103. The van der Waals surface area contributed by atoms with Crippen molar-refractivity contribution in [3.8, 4) is 0 Å². The van der Waals surface area contributed by atoms with Gasteiger partial charge in [-0.1, -0.05) is 6.42 Å². The van der Waals surface area contributed by atoms with E-state index in [0.29, 0.717) is 12.0 Å². The molecule has 0 spiro atoms. The molecule has 4 rings (SSSR count). The van der Waals surface area contributed by atoms with Gasteiger partial charge in [0.05, 0.1) is 16.1 Å². The molecule has 0 bridgehead atoms. The number of rotatable bonds is 5. The van der Waals surface area contributed by atoms with Crippen LogP contribution in [-0.4, -0.2) is 23.0 Å². The highest BCUT2D eigenvalue weighted by Crippen LogP contribution is 2.45. The number of hydrogen-bond acceptors (Lipinski definition) is 5. The van der Waals surface area contributed by atoms with Gasteiger partial charge >= 0.3 is 0 Å². The second-order valence-corrected chi connectivity index (χ2v) is 9.05. The van der Waals surface area contributed by atoms with Crippen LogP contribution in [0.4, 0.5) is 5.00 Å². The second kappa shape index (κ2) is 6.00. The number of carbonyl (C=O) groups excluding carboxylic acids is 1. The second-order valence-electron chi connectivity index (χ2n) is 6.56. The first kappa shape index (κ1) is 15.3. The minimum absolute atomic E-state index is 0.0165. The summed E-state index contributed by atoms with van der Waals surface area (Å²) in [4.78, 5) is 18.7. The molecule has 0 radical (unpaired) electrons. The average molecular weight is 348 g/mol. The van der Waals surface area contributed by atoms with Crippen molar-refractivity contribution in [1.29, 1.82) is 0 Å². The summed E-state index contributed by atoms with van der Waals surface area (Å²) in [6.07, 6.45) is 6.96. The van der Waals surface area contributed by atoms with Gasteiger partial charge in [0.1, 0.15) is 5.00 Å². The van der Waals surface area contributed by atoms with Crippen LogP contribution in [0.2, 0.25) is 0 Å². The molecule has 0 saturated heterocycles. The SMILES string of the molecule is Cc1ncc(NC(=O)c2cc(C3CC3NC3CCC3)c(C)s2)s1. The quantitative estimate of drug-likeness (QED) is 0.857. The molecule has 2 aromatic rings. The van der Waals surface area contributed by atoms with E-state index in [0.717, 1.165) is 20.9 Å². The molecule has 0 aromatic carbocycles. The first-order chi connectivity index (χ1) is 11.1. The molecule has 2 aliphatic carbocycles. The molecule has 1 amide bonds. The third-order valence-electron chi connectivity index (χ3n) is 4.78.